The van der Waals surface area contributed by atoms with Crippen LogP contribution in [-0.4, -0.2) is 40.8 Å². The van der Waals surface area contributed by atoms with Crippen molar-refractivity contribution < 1.29 is 8.42 Å². The SMILES string of the molecule is N#Cc1ccc(S(=O)(=O)N2CCC(n3ccnn3)CC2)cc1Cl. The van der Waals surface area contributed by atoms with Crippen LogP contribution < -0.4 is 0 Å². The summed E-state index contributed by atoms with van der Waals surface area (Å²) in [6, 6.07) is 6.26. The van der Waals surface area contributed by atoms with Crippen molar-refractivity contribution in [3.8, 4) is 6.07 Å². The number of aromatic nitrogens is 3. The van der Waals surface area contributed by atoms with Crippen LogP contribution in [0.15, 0.2) is 35.5 Å². The molecule has 1 saturated heterocycles. The predicted molar refractivity (Wildman–Crippen MR) is 83.2 cm³/mol. The normalized spacial score (nSPS) is 17.0. The van der Waals surface area contributed by atoms with Crippen LogP contribution in [0.2, 0.25) is 5.02 Å². The lowest BCUT2D eigenvalue weighted by Gasteiger charge is -2.31. The number of hydrogen-bond acceptors (Lipinski definition) is 5. The van der Waals surface area contributed by atoms with Crippen molar-refractivity contribution in [3.05, 3.63) is 41.2 Å². The van der Waals surface area contributed by atoms with Crippen molar-refractivity contribution in [2.24, 2.45) is 0 Å². The Morgan fingerprint density at radius 1 is 1.30 bits per heavy atom. The summed E-state index contributed by atoms with van der Waals surface area (Å²) in [5.74, 6) is 0. The Morgan fingerprint density at radius 3 is 2.61 bits per heavy atom. The summed E-state index contributed by atoms with van der Waals surface area (Å²) >= 11 is 5.94. The largest absolute Gasteiger partial charge is 0.249 e. The Hall–Kier alpha value is -1.95. The van der Waals surface area contributed by atoms with Crippen molar-refractivity contribution >= 4 is 21.6 Å². The van der Waals surface area contributed by atoms with Crippen LogP contribution in [0.5, 0.6) is 0 Å². The second kappa shape index (κ2) is 6.28. The third-order valence-electron chi connectivity index (χ3n) is 3.94. The van der Waals surface area contributed by atoms with Crippen molar-refractivity contribution in [2.45, 2.75) is 23.8 Å². The molecule has 0 atom stereocenters. The molecule has 0 saturated carbocycles. The minimum Gasteiger partial charge on any atom is -0.249 e. The third kappa shape index (κ3) is 3.08. The van der Waals surface area contributed by atoms with Gasteiger partial charge in [-0.15, -0.1) is 5.10 Å². The molecule has 1 aromatic carbocycles. The van der Waals surface area contributed by atoms with Crippen LogP contribution in [0.25, 0.3) is 0 Å². The van der Waals surface area contributed by atoms with Crippen LogP contribution in [0.1, 0.15) is 24.4 Å². The van der Waals surface area contributed by atoms with Crippen molar-refractivity contribution in [1.29, 1.82) is 5.26 Å². The fourth-order valence-corrected chi connectivity index (χ4v) is 4.44. The zero-order valence-corrected chi connectivity index (χ0v) is 13.7. The van der Waals surface area contributed by atoms with E-state index in [0.717, 1.165) is 0 Å². The zero-order chi connectivity index (χ0) is 16.4. The summed E-state index contributed by atoms with van der Waals surface area (Å²) in [7, 11) is -3.61. The summed E-state index contributed by atoms with van der Waals surface area (Å²) in [5, 5.41) is 16.8. The molecule has 0 amide bonds. The zero-order valence-electron chi connectivity index (χ0n) is 12.1. The molecule has 1 aliphatic heterocycles. The predicted octanol–water partition coefficient (Wildman–Crippen LogP) is 1.83. The standard InChI is InChI=1S/C14H14ClN5O2S/c15-14-9-13(2-1-11(14)10-16)23(21,22)19-6-3-12(4-7-19)20-8-5-17-18-20/h1-2,5,8-9,12H,3-4,6-7H2. The highest BCUT2D eigenvalue weighted by atomic mass is 35.5. The molecule has 1 aliphatic rings. The summed E-state index contributed by atoms with van der Waals surface area (Å²) in [5.41, 5.74) is 0.260. The molecule has 2 heterocycles. The first-order chi connectivity index (χ1) is 11.0. The molecule has 3 rings (SSSR count). The Labute approximate surface area is 139 Å². The third-order valence-corrected chi connectivity index (χ3v) is 6.14. The fourth-order valence-electron chi connectivity index (χ4n) is 2.66. The minimum atomic E-state index is -3.61. The first-order valence-corrected chi connectivity index (χ1v) is 8.90. The number of sulfonamides is 1. The number of hydrogen-bond donors (Lipinski definition) is 0. The molecular weight excluding hydrogens is 338 g/mol. The van der Waals surface area contributed by atoms with Crippen LogP contribution >= 0.6 is 11.6 Å². The Kier molecular flexibility index (Phi) is 4.35. The van der Waals surface area contributed by atoms with E-state index in [-0.39, 0.29) is 21.5 Å². The van der Waals surface area contributed by atoms with E-state index < -0.39 is 10.0 Å². The maximum Gasteiger partial charge on any atom is 0.243 e. The van der Waals surface area contributed by atoms with Gasteiger partial charge >= 0.3 is 0 Å². The Bertz CT molecular complexity index is 837. The lowest BCUT2D eigenvalue weighted by molar-refractivity contribution is 0.258. The quantitative estimate of drug-likeness (QED) is 0.841. The van der Waals surface area contributed by atoms with Gasteiger partial charge in [-0.2, -0.15) is 9.57 Å². The van der Waals surface area contributed by atoms with Gasteiger partial charge in [-0.3, -0.25) is 0 Å². The fraction of sp³-hybridized carbons (Fsp3) is 0.357. The van der Waals surface area contributed by atoms with Gasteiger partial charge in [0, 0.05) is 19.3 Å². The molecule has 2 aromatic rings. The highest BCUT2D eigenvalue weighted by molar-refractivity contribution is 7.89. The van der Waals surface area contributed by atoms with Gasteiger partial charge in [-0.25, -0.2) is 13.1 Å². The van der Waals surface area contributed by atoms with Crippen LogP contribution in [-0.2, 0) is 10.0 Å². The van der Waals surface area contributed by atoms with Gasteiger partial charge in [0.05, 0.1) is 27.7 Å². The van der Waals surface area contributed by atoms with E-state index in [9.17, 15) is 8.42 Å². The van der Waals surface area contributed by atoms with Crippen LogP contribution in [0, 0.1) is 11.3 Å². The van der Waals surface area contributed by atoms with Gasteiger partial charge in [0.15, 0.2) is 0 Å². The van der Waals surface area contributed by atoms with E-state index in [1.807, 2.05) is 6.07 Å². The first-order valence-electron chi connectivity index (χ1n) is 7.08. The maximum absolute atomic E-state index is 12.7. The van der Waals surface area contributed by atoms with Crippen LogP contribution in [0.3, 0.4) is 0 Å². The molecule has 0 bridgehead atoms. The summed E-state index contributed by atoms with van der Waals surface area (Å²) in [6.07, 6.45) is 4.75. The van der Waals surface area contributed by atoms with E-state index in [1.54, 1.807) is 17.1 Å². The molecule has 0 N–H and O–H groups in total. The number of piperidine rings is 1. The van der Waals surface area contributed by atoms with E-state index in [2.05, 4.69) is 10.3 Å². The number of rotatable bonds is 3. The van der Waals surface area contributed by atoms with Crippen molar-refractivity contribution in [1.82, 2.24) is 19.3 Å². The minimum absolute atomic E-state index is 0.112. The van der Waals surface area contributed by atoms with Crippen molar-refractivity contribution in [2.75, 3.05) is 13.1 Å². The number of benzene rings is 1. The number of nitrogens with zero attached hydrogens (tertiary/aromatic N) is 5. The van der Waals surface area contributed by atoms with E-state index in [4.69, 9.17) is 16.9 Å². The van der Waals surface area contributed by atoms with Gasteiger partial charge in [0.2, 0.25) is 10.0 Å². The lowest BCUT2D eigenvalue weighted by Crippen LogP contribution is -2.39. The second-order valence-corrected chi connectivity index (χ2v) is 7.62. The molecule has 23 heavy (non-hydrogen) atoms. The molecule has 0 spiro atoms. The topological polar surface area (TPSA) is 91.9 Å². The molecular formula is C14H14ClN5O2S. The summed E-state index contributed by atoms with van der Waals surface area (Å²) in [4.78, 5) is 0.112. The monoisotopic (exact) mass is 351 g/mol. The Morgan fingerprint density at radius 2 is 2.04 bits per heavy atom. The van der Waals surface area contributed by atoms with Gasteiger partial charge in [0.1, 0.15) is 6.07 Å². The first kappa shape index (κ1) is 15.9. The van der Waals surface area contributed by atoms with E-state index >= 15 is 0 Å². The number of halogens is 1. The van der Waals surface area contributed by atoms with Gasteiger partial charge in [-0.1, -0.05) is 16.8 Å². The van der Waals surface area contributed by atoms with Crippen LogP contribution in [0.4, 0.5) is 0 Å². The summed E-state index contributed by atoms with van der Waals surface area (Å²) < 4.78 is 28.6. The second-order valence-electron chi connectivity index (χ2n) is 5.27. The van der Waals surface area contributed by atoms with E-state index in [0.29, 0.717) is 25.9 Å². The highest BCUT2D eigenvalue weighted by Gasteiger charge is 2.30. The molecule has 0 unspecified atom stereocenters. The van der Waals surface area contributed by atoms with Gasteiger partial charge in [-0.05, 0) is 31.0 Å². The Balaban J connectivity index is 1.77. The molecule has 9 heteroatoms. The molecule has 120 valence electrons. The number of nitriles is 1. The van der Waals surface area contributed by atoms with E-state index in [1.165, 1.54) is 22.5 Å². The summed E-state index contributed by atoms with van der Waals surface area (Å²) in [6.45, 7) is 0.814. The molecule has 7 nitrogen and oxygen atoms in total. The smallest absolute Gasteiger partial charge is 0.243 e. The average molecular weight is 352 g/mol. The van der Waals surface area contributed by atoms with Gasteiger partial charge in [0.25, 0.3) is 0 Å². The molecule has 1 fully saturated rings. The molecule has 1 aromatic heterocycles. The molecule has 0 radical (unpaired) electrons. The molecule has 0 aliphatic carbocycles. The maximum atomic E-state index is 12.7. The lowest BCUT2D eigenvalue weighted by atomic mass is 10.1. The van der Waals surface area contributed by atoms with Gasteiger partial charge < -0.3 is 0 Å². The average Bonchev–Trinajstić information content (AvgIpc) is 3.09. The van der Waals surface area contributed by atoms with Crippen molar-refractivity contribution in [3.63, 3.8) is 0 Å². The highest BCUT2D eigenvalue weighted by Crippen LogP contribution is 2.28.